The third-order valence-corrected chi connectivity index (χ3v) is 5.08. The number of carbonyl (C=O) groups excluding carboxylic acids is 3. The van der Waals surface area contributed by atoms with Gasteiger partial charge < -0.3 is 10.2 Å². The van der Waals surface area contributed by atoms with Gasteiger partial charge in [-0.1, -0.05) is 12.1 Å². The van der Waals surface area contributed by atoms with Crippen LogP contribution >= 0.6 is 0 Å². The summed E-state index contributed by atoms with van der Waals surface area (Å²) in [5, 5.41) is 4.76. The minimum Gasteiger partial charge on any atom is -0.339 e. The summed E-state index contributed by atoms with van der Waals surface area (Å²) >= 11 is 0. The minimum absolute atomic E-state index is 0.109. The molecule has 1 aromatic carbocycles. The molecule has 2 N–H and O–H groups in total. The zero-order valence-electron chi connectivity index (χ0n) is 12.6. The SMILES string of the molecule is O=C1NC(=O)[C@]2(CCN(C(=O)[C@@H]3C[C@H]3c3cccc(F)c3F)C2)N1. The molecule has 4 rings (SSSR count). The van der Waals surface area contributed by atoms with Crippen LogP contribution in [0, 0.1) is 17.6 Å². The molecule has 8 heteroatoms. The number of urea groups is 1. The molecule has 3 aliphatic rings. The van der Waals surface area contributed by atoms with Gasteiger partial charge in [-0.3, -0.25) is 14.9 Å². The van der Waals surface area contributed by atoms with Crippen LogP contribution in [0.2, 0.25) is 0 Å². The number of amides is 4. The molecule has 3 atom stereocenters. The van der Waals surface area contributed by atoms with Crippen LogP contribution < -0.4 is 10.6 Å². The fourth-order valence-electron chi connectivity index (χ4n) is 3.67. The normalized spacial score (nSPS) is 31.3. The van der Waals surface area contributed by atoms with Gasteiger partial charge in [0.2, 0.25) is 5.91 Å². The Morgan fingerprint density at radius 3 is 2.79 bits per heavy atom. The number of hydrogen-bond acceptors (Lipinski definition) is 3. The predicted molar refractivity (Wildman–Crippen MR) is 77.8 cm³/mol. The standard InChI is InChI=1S/C16H15F2N3O3/c17-11-3-1-2-8(12(11)18)9-6-10(9)13(22)21-5-4-16(7-21)14(23)19-15(24)20-16/h1-3,9-10H,4-7H2,(H2,19,20,23,24)/t9-,10+,16+/m0/s1. The van der Waals surface area contributed by atoms with Crippen molar-refractivity contribution >= 4 is 17.8 Å². The summed E-state index contributed by atoms with van der Waals surface area (Å²) in [5.74, 6) is -3.18. The number of likely N-dealkylation sites (tertiary alicyclic amines) is 1. The molecule has 2 saturated heterocycles. The van der Waals surface area contributed by atoms with E-state index in [4.69, 9.17) is 0 Å². The van der Waals surface area contributed by atoms with Crippen molar-refractivity contribution in [3.63, 3.8) is 0 Å². The zero-order chi connectivity index (χ0) is 17.1. The number of rotatable bonds is 2. The summed E-state index contributed by atoms with van der Waals surface area (Å²) in [7, 11) is 0. The van der Waals surface area contributed by atoms with Crippen molar-refractivity contribution in [3.05, 3.63) is 35.4 Å². The predicted octanol–water partition coefficient (Wildman–Crippen LogP) is 0.879. The number of halogens is 2. The van der Waals surface area contributed by atoms with Gasteiger partial charge in [-0.25, -0.2) is 13.6 Å². The van der Waals surface area contributed by atoms with E-state index in [9.17, 15) is 23.2 Å². The first kappa shape index (κ1) is 15.0. The van der Waals surface area contributed by atoms with Crippen molar-refractivity contribution in [1.29, 1.82) is 0 Å². The van der Waals surface area contributed by atoms with Crippen molar-refractivity contribution in [2.24, 2.45) is 5.92 Å². The maximum absolute atomic E-state index is 13.8. The molecule has 0 unspecified atom stereocenters. The molecule has 4 amide bonds. The van der Waals surface area contributed by atoms with E-state index in [0.29, 0.717) is 19.4 Å². The molecule has 6 nitrogen and oxygen atoms in total. The van der Waals surface area contributed by atoms with Crippen LogP contribution in [0.25, 0.3) is 0 Å². The average molecular weight is 335 g/mol. The second-order valence-electron chi connectivity index (χ2n) is 6.59. The van der Waals surface area contributed by atoms with Crippen molar-refractivity contribution in [2.45, 2.75) is 24.3 Å². The number of nitrogens with one attached hydrogen (secondary N) is 2. The van der Waals surface area contributed by atoms with Crippen LogP contribution in [0.4, 0.5) is 13.6 Å². The monoisotopic (exact) mass is 335 g/mol. The number of hydrogen-bond donors (Lipinski definition) is 2. The van der Waals surface area contributed by atoms with Gasteiger partial charge >= 0.3 is 6.03 Å². The van der Waals surface area contributed by atoms with Crippen LogP contribution in [0.1, 0.15) is 24.3 Å². The van der Waals surface area contributed by atoms with E-state index in [0.717, 1.165) is 6.07 Å². The topological polar surface area (TPSA) is 78.5 Å². The van der Waals surface area contributed by atoms with Crippen molar-refractivity contribution in [2.75, 3.05) is 13.1 Å². The molecule has 1 saturated carbocycles. The summed E-state index contributed by atoms with van der Waals surface area (Å²) in [6.07, 6.45) is 0.809. The second kappa shape index (κ2) is 4.99. The lowest BCUT2D eigenvalue weighted by Crippen LogP contribution is -2.49. The zero-order valence-corrected chi connectivity index (χ0v) is 12.6. The van der Waals surface area contributed by atoms with Crippen LogP contribution in [-0.4, -0.2) is 41.4 Å². The van der Waals surface area contributed by atoms with Crippen LogP contribution in [-0.2, 0) is 9.59 Å². The molecular formula is C16H15F2N3O3. The van der Waals surface area contributed by atoms with E-state index >= 15 is 0 Å². The Kier molecular flexibility index (Phi) is 3.13. The average Bonchev–Trinajstić information content (AvgIpc) is 3.13. The van der Waals surface area contributed by atoms with Gasteiger partial charge in [0.1, 0.15) is 5.54 Å². The van der Waals surface area contributed by atoms with Gasteiger partial charge in [0, 0.05) is 12.5 Å². The molecule has 0 aromatic heterocycles. The molecule has 0 bridgehead atoms. The van der Waals surface area contributed by atoms with E-state index in [1.54, 1.807) is 0 Å². The van der Waals surface area contributed by atoms with Gasteiger partial charge in [-0.15, -0.1) is 0 Å². The number of imide groups is 1. The second-order valence-corrected chi connectivity index (χ2v) is 6.59. The number of benzene rings is 1. The first-order valence-electron chi connectivity index (χ1n) is 7.77. The highest BCUT2D eigenvalue weighted by Crippen LogP contribution is 2.50. The van der Waals surface area contributed by atoms with Gasteiger partial charge in [-0.2, -0.15) is 0 Å². The maximum Gasteiger partial charge on any atom is 0.322 e. The molecular weight excluding hydrogens is 320 g/mol. The lowest BCUT2D eigenvalue weighted by atomic mass is 9.99. The Morgan fingerprint density at radius 1 is 1.29 bits per heavy atom. The lowest BCUT2D eigenvalue weighted by molar-refractivity contribution is -0.132. The van der Waals surface area contributed by atoms with Gasteiger partial charge in [-0.05, 0) is 30.4 Å². The molecule has 24 heavy (non-hydrogen) atoms. The molecule has 1 aliphatic carbocycles. The Morgan fingerprint density at radius 2 is 2.08 bits per heavy atom. The third kappa shape index (κ3) is 2.16. The number of nitrogens with zero attached hydrogens (tertiary/aromatic N) is 1. The van der Waals surface area contributed by atoms with Crippen LogP contribution in [0.3, 0.4) is 0 Å². The van der Waals surface area contributed by atoms with Crippen LogP contribution in [0.15, 0.2) is 18.2 Å². The summed E-state index contributed by atoms with van der Waals surface area (Å²) in [4.78, 5) is 37.3. The minimum atomic E-state index is -1.05. The smallest absolute Gasteiger partial charge is 0.322 e. The van der Waals surface area contributed by atoms with Gasteiger partial charge in [0.15, 0.2) is 11.6 Å². The summed E-state index contributed by atoms with van der Waals surface area (Å²) in [6.45, 7) is 0.458. The summed E-state index contributed by atoms with van der Waals surface area (Å²) in [5.41, 5.74) is -0.838. The Hall–Kier alpha value is -2.51. The fourth-order valence-corrected chi connectivity index (χ4v) is 3.67. The first-order chi connectivity index (χ1) is 11.4. The van der Waals surface area contributed by atoms with E-state index in [1.807, 2.05) is 0 Å². The molecule has 2 heterocycles. The highest BCUT2D eigenvalue weighted by atomic mass is 19.2. The fraction of sp³-hybridized carbons (Fsp3) is 0.438. The molecule has 1 spiro atoms. The molecule has 0 radical (unpaired) electrons. The first-order valence-corrected chi connectivity index (χ1v) is 7.77. The summed E-state index contributed by atoms with van der Waals surface area (Å²) < 4.78 is 27.2. The summed E-state index contributed by atoms with van der Waals surface area (Å²) in [6, 6.07) is 3.41. The highest BCUT2D eigenvalue weighted by Gasteiger charge is 2.54. The lowest BCUT2D eigenvalue weighted by Gasteiger charge is -2.21. The Balaban J connectivity index is 1.46. The number of carbonyl (C=O) groups is 3. The maximum atomic E-state index is 13.8. The third-order valence-electron chi connectivity index (χ3n) is 5.08. The largest absolute Gasteiger partial charge is 0.339 e. The Bertz CT molecular complexity index is 769. The van der Waals surface area contributed by atoms with Gasteiger partial charge in [0.25, 0.3) is 5.91 Å². The highest BCUT2D eigenvalue weighted by molar-refractivity contribution is 6.07. The molecule has 1 aromatic rings. The van der Waals surface area contributed by atoms with E-state index < -0.39 is 35.0 Å². The Labute approximate surface area is 136 Å². The van der Waals surface area contributed by atoms with Crippen molar-refractivity contribution in [1.82, 2.24) is 15.5 Å². The van der Waals surface area contributed by atoms with Gasteiger partial charge in [0.05, 0.1) is 6.54 Å². The molecule has 2 aliphatic heterocycles. The molecule has 3 fully saturated rings. The van der Waals surface area contributed by atoms with Crippen LogP contribution in [0.5, 0.6) is 0 Å². The molecule has 126 valence electrons. The van der Waals surface area contributed by atoms with Crippen molar-refractivity contribution in [3.8, 4) is 0 Å². The quantitative estimate of drug-likeness (QED) is 0.788. The van der Waals surface area contributed by atoms with E-state index in [-0.39, 0.29) is 23.9 Å². The van der Waals surface area contributed by atoms with E-state index in [2.05, 4.69) is 10.6 Å². The van der Waals surface area contributed by atoms with E-state index in [1.165, 1.54) is 17.0 Å². The van der Waals surface area contributed by atoms with Crippen molar-refractivity contribution < 1.29 is 23.2 Å².